The lowest BCUT2D eigenvalue weighted by Gasteiger charge is -2.23. The highest BCUT2D eigenvalue weighted by molar-refractivity contribution is 5.97. The predicted octanol–water partition coefficient (Wildman–Crippen LogP) is 2.04. The van der Waals surface area contributed by atoms with Crippen LogP contribution >= 0.6 is 0 Å². The van der Waals surface area contributed by atoms with E-state index in [-0.39, 0.29) is 47.3 Å². The first kappa shape index (κ1) is 14.2. The molecule has 2 saturated carbocycles. The molecule has 1 heterocycles. The van der Waals surface area contributed by atoms with Crippen molar-refractivity contribution in [2.45, 2.75) is 25.9 Å². The molecule has 0 aromatic heterocycles. The van der Waals surface area contributed by atoms with Gasteiger partial charge in [-0.25, -0.2) is 0 Å². The number of hydrogen-bond donors (Lipinski definition) is 1. The van der Waals surface area contributed by atoms with Crippen molar-refractivity contribution in [1.29, 1.82) is 0 Å². The summed E-state index contributed by atoms with van der Waals surface area (Å²) in [5.74, 6) is -0.906. The van der Waals surface area contributed by atoms with Crippen LogP contribution in [0.1, 0.15) is 18.4 Å². The molecule has 23 heavy (non-hydrogen) atoms. The van der Waals surface area contributed by atoms with Gasteiger partial charge < -0.3 is 10.1 Å². The number of carbonyl (C=O) groups is 2. The van der Waals surface area contributed by atoms with Gasteiger partial charge in [0.25, 0.3) is 5.69 Å². The Morgan fingerprint density at radius 3 is 2.91 bits per heavy atom. The van der Waals surface area contributed by atoms with Gasteiger partial charge >= 0.3 is 5.97 Å². The van der Waals surface area contributed by atoms with E-state index in [1.165, 1.54) is 6.07 Å². The summed E-state index contributed by atoms with van der Waals surface area (Å²) in [6.07, 6.45) is 1.59. The standard InChI is InChI=1S/C16H16N2O5/c1-7-2-3-9(6-11(7)18(21)22)17-15(19)13-8-4-10-12(5-8)23-16(20)14(10)13/h2-3,6,8,10,12-14H,4-5H2,1H3,(H,17,19)/t8-,10-,12+,13-,14-/m0/s1. The van der Waals surface area contributed by atoms with Gasteiger partial charge in [0.15, 0.2) is 0 Å². The summed E-state index contributed by atoms with van der Waals surface area (Å²) >= 11 is 0. The lowest BCUT2D eigenvalue weighted by molar-refractivity contribution is -0.385. The molecule has 2 aliphatic carbocycles. The van der Waals surface area contributed by atoms with Gasteiger partial charge in [0, 0.05) is 23.2 Å². The molecule has 0 radical (unpaired) electrons. The zero-order valence-electron chi connectivity index (χ0n) is 12.5. The van der Waals surface area contributed by atoms with Crippen LogP contribution in [0.15, 0.2) is 18.2 Å². The molecule has 5 atom stereocenters. The average Bonchev–Trinajstić information content (AvgIpc) is 3.10. The Labute approximate surface area is 132 Å². The maximum absolute atomic E-state index is 12.6. The lowest BCUT2D eigenvalue weighted by Crippen LogP contribution is -2.35. The molecule has 0 unspecified atom stereocenters. The number of ether oxygens (including phenoxy) is 1. The molecule has 2 bridgehead atoms. The largest absolute Gasteiger partial charge is 0.462 e. The van der Waals surface area contributed by atoms with Crippen LogP contribution in [0.2, 0.25) is 0 Å². The second kappa shape index (κ2) is 4.78. The van der Waals surface area contributed by atoms with Crippen molar-refractivity contribution in [3.8, 4) is 0 Å². The van der Waals surface area contributed by atoms with E-state index >= 15 is 0 Å². The number of nitrogens with zero attached hydrogens (tertiary/aromatic N) is 1. The third kappa shape index (κ3) is 2.03. The van der Waals surface area contributed by atoms with Crippen molar-refractivity contribution < 1.29 is 19.2 Å². The van der Waals surface area contributed by atoms with Crippen LogP contribution in [-0.2, 0) is 14.3 Å². The number of rotatable bonds is 3. The van der Waals surface area contributed by atoms with Gasteiger partial charge in [0.2, 0.25) is 5.91 Å². The highest BCUT2D eigenvalue weighted by Crippen LogP contribution is 2.57. The van der Waals surface area contributed by atoms with E-state index in [2.05, 4.69) is 5.32 Å². The Morgan fingerprint density at radius 1 is 1.39 bits per heavy atom. The molecule has 1 aromatic rings. The molecule has 7 nitrogen and oxygen atoms in total. The molecule has 0 spiro atoms. The molecule has 1 saturated heterocycles. The first-order valence-corrected chi connectivity index (χ1v) is 7.72. The monoisotopic (exact) mass is 316 g/mol. The number of carbonyl (C=O) groups excluding carboxylic acids is 2. The number of hydrogen-bond acceptors (Lipinski definition) is 5. The van der Waals surface area contributed by atoms with E-state index in [9.17, 15) is 19.7 Å². The SMILES string of the molecule is Cc1ccc(NC(=O)[C@H]2[C@H]3C[C@@H]4[C@@H]2C(=O)O[C@@H]4C3)cc1[N+](=O)[O-]. The molecule has 1 aromatic carbocycles. The maximum atomic E-state index is 12.6. The van der Waals surface area contributed by atoms with E-state index < -0.39 is 4.92 Å². The van der Waals surface area contributed by atoms with Gasteiger partial charge in [-0.2, -0.15) is 0 Å². The number of fused-ring (bicyclic) bond motifs is 1. The molecular formula is C16H16N2O5. The summed E-state index contributed by atoms with van der Waals surface area (Å²) in [6, 6.07) is 4.60. The zero-order valence-corrected chi connectivity index (χ0v) is 12.5. The third-order valence-electron chi connectivity index (χ3n) is 5.46. The van der Waals surface area contributed by atoms with Gasteiger partial charge in [0.05, 0.1) is 16.8 Å². The van der Waals surface area contributed by atoms with Crippen molar-refractivity contribution in [3.63, 3.8) is 0 Å². The fourth-order valence-corrected chi connectivity index (χ4v) is 4.47. The summed E-state index contributed by atoms with van der Waals surface area (Å²) in [6.45, 7) is 1.65. The van der Waals surface area contributed by atoms with E-state index in [0.29, 0.717) is 11.3 Å². The van der Waals surface area contributed by atoms with E-state index in [0.717, 1.165) is 12.8 Å². The zero-order chi connectivity index (χ0) is 16.3. The van der Waals surface area contributed by atoms with E-state index in [1.807, 2.05) is 0 Å². The summed E-state index contributed by atoms with van der Waals surface area (Å²) in [5, 5.41) is 13.7. The topological polar surface area (TPSA) is 98.5 Å². The van der Waals surface area contributed by atoms with Crippen molar-refractivity contribution in [2.75, 3.05) is 5.32 Å². The number of nitro groups is 1. The molecule has 1 amide bonds. The first-order chi connectivity index (χ1) is 11.0. The average molecular weight is 316 g/mol. The number of esters is 1. The van der Waals surface area contributed by atoms with Crippen LogP contribution < -0.4 is 5.32 Å². The van der Waals surface area contributed by atoms with Crippen LogP contribution in [0, 0.1) is 40.7 Å². The Morgan fingerprint density at radius 2 is 2.17 bits per heavy atom. The number of nitro benzene ring substituents is 1. The number of aryl methyl sites for hydroxylation is 1. The normalized spacial score (nSPS) is 33.6. The smallest absolute Gasteiger partial charge is 0.310 e. The van der Waals surface area contributed by atoms with Crippen molar-refractivity contribution >= 4 is 23.3 Å². The molecule has 1 N–H and O–H groups in total. The molecule has 3 aliphatic rings. The van der Waals surface area contributed by atoms with Crippen molar-refractivity contribution in [1.82, 2.24) is 0 Å². The predicted molar refractivity (Wildman–Crippen MR) is 79.5 cm³/mol. The summed E-state index contributed by atoms with van der Waals surface area (Å²) in [7, 11) is 0. The highest BCUT2D eigenvalue weighted by Gasteiger charge is 2.63. The maximum Gasteiger partial charge on any atom is 0.310 e. The van der Waals surface area contributed by atoms with Crippen molar-refractivity contribution in [2.24, 2.45) is 23.7 Å². The van der Waals surface area contributed by atoms with E-state index in [1.54, 1.807) is 19.1 Å². The second-order valence-electron chi connectivity index (χ2n) is 6.67. The minimum atomic E-state index is -0.471. The molecule has 4 rings (SSSR count). The summed E-state index contributed by atoms with van der Waals surface area (Å²) in [5.41, 5.74) is 0.893. The molecule has 7 heteroatoms. The fraction of sp³-hybridized carbons (Fsp3) is 0.500. The third-order valence-corrected chi connectivity index (χ3v) is 5.46. The van der Waals surface area contributed by atoms with E-state index in [4.69, 9.17) is 4.74 Å². The minimum Gasteiger partial charge on any atom is -0.462 e. The second-order valence-corrected chi connectivity index (χ2v) is 6.67. The highest BCUT2D eigenvalue weighted by atomic mass is 16.6. The Balaban J connectivity index is 1.56. The first-order valence-electron chi connectivity index (χ1n) is 7.72. The Bertz CT molecular complexity index is 729. The minimum absolute atomic E-state index is 0.0120. The summed E-state index contributed by atoms with van der Waals surface area (Å²) in [4.78, 5) is 35.1. The number of benzene rings is 1. The van der Waals surface area contributed by atoms with Gasteiger partial charge in [0.1, 0.15) is 6.10 Å². The van der Waals surface area contributed by atoms with Gasteiger partial charge in [-0.3, -0.25) is 19.7 Å². The van der Waals surface area contributed by atoms with Gasteiger partial charge in [-0.1, -0.05) is 6.07 Å². The quantitative estimate of drug-likeness (QED) is 0.522. The van der Waals surface area contributed by atoms with Crippen LogP contribution in [0.5, 0.6) is 0 Å². The molecular weight excluding hydrogens is 300 g/mol. The molecule has 3 fully saturated rings. The summed E-state index contributed by atoms with van der Waals surface area (Å²) < 4.78 is 5.33. The number of nitrogens with one attached hydrogen (secondary N) is 1. The van der Waals surface area contributed by atoms with Crippen LogP contribution in [-0.4, -0.2) is 22.9 Å². The Hall–Kier alpha value is -2.44. The number of anilines is 1. The van der Waals surface area contributed by atoms with Gasteiger partial charge in [-0.15, -0.1) is 0 Å². The number of amides is 1. The molecule has 120 valence electrons. The van der Waals surface area contributed by atoms with Crippen LogP contribution in [0.4, 0.5) is 11.4 Å². The lowest BCUT2D eigenvalue weighted by atomic mass is 9.79. The van der Waals surface area contributed by atoms with Crippen molar-refractivity contribution in [3.05, 3.63) is 33.9 Å². The van der Waals surface area contributed by atoms with Crippen LogP contribution in [0.25, 0.3) is 0 Å². The van der Waals surface area contributed by atoms with Gasteiger partial charge in [-0.05, 0) is 31.7 Å². The molecule has 1 aliphatic heterocycles. The Kier molecular flexibility index (Phi) is 2.94. The fourth-order valence-electron chi connectivity index (χ4n) is 4.47. The van der Waals surface area contributed by atoms with Crippen LogP contribution in [0.3, 0.4) is 0 Å².